The molecule has 4 nitrogen and oxygen atoms in total. The molecule has 0 aliphatic carbocycles. The SMILES string of the molecule is C=CCC1=C(Nc2ccc(C(C)O)cc2)N=C(c2ccsc2)N(C)C1C. The molecule has 2 aromatic rings. The Morgan fingerprint density at radius 1 is 1.35 bits per heavy atom. The Bertz CT molecular complexity index is 819. The van der Waals surface area contributed by atoms with Gasteiger partial charge in [-0.05, 0) is 55.0 Å². The zero-order valence-electron chi connectivity index (χ0n) is 15.4. The van der Waals surface area contributed by atoms with E-state index in [0.717, 1.165) is 34.9 Å². The van der Waals surface area contributed by atoms with Crippen molar-refractivity contribution in [3.05, 3.63) is 76.3 Å². The minimum absolute atomic E-state index is 0.222. The summed E-state index contributed by atoms with van der Waals surface area (Å²) < 4.78 is 0. The molecular weight excluding hydrogens is 342 g/mol. The molecule has 2 atom stereocenters. The summed E-state index contributed by atoms with van der Waals surface area (Å²) >= 11 is 1.67. The Labute approximate surface area is 159 Å². The van der Waals surface area contributed by atoms with E-state index in [1.165, 1.54) is 5.57 Å². The van der Waals surface area contributed by atoms with Crippen molar-refractivity contribution in [2.75, 3.05) is 12.4 Å². The largest absolute Gasteiger partial charge is 0.389 e. The third-order valence-corrected chi connectivity index (χ3v) is 5.42. The van der Waals surface area contributed by atoms with E-state index in [4.69, 9.17) is 4.99 Å². The lowest BCUT2D eigenvalue weighted by atomic mass is 10.0. The Morgan fingerprint density at radius 2 is 2.08 bits per heavy atom. The maximum absolute atomic E-state index is 9.69. The van der Waals surface area contributed by atoms with Crippen molar-refractivity contribution >= 4 is 22.9 Å². The van der Waals surface area contributed by atoms with Gasteiger partial charge < -0.3 is 15.3 Å². The molecular formula is C21H25N3OS. The Hall–Kier alpha value is -2.37. The number of aliphatic imine (C=N–C) groups is 1. The highest BCUT2D eigenvalue weighted by atomic mass is 32.1. The number of benzene rings is 1. The molecule has 0 radical (unpaired) electrons. The monoisotopic (exact) mass is 367 g/mol. The summed E-state index contributed by atoms with van der Waals surface area (Å²) in [6.45, 7) is 7.86. The van der Waals surface area contributed by atoms with Crippen molar-refractivity contribution in [3.63, 3.8) is 0 Å². The first-order valence-corrected chi connectivity index (χ1v) is 9.68. The van der Waals surface area contributed by atoms with E-state index < -0.39 is 6.10 Å². The Morgan fingerprint density at radius 3 is 2.65 bits per heavy atom. The standard InChI is InChI=1S/C21H25N3OS/c1-5-6-19-14(2)24(4)21(17-11-12-26-13-17)23-20(19)22-18-9-7-16(8-10-18)15(3)25/h5,7-15,22,25H,1,6H2,2-4H3. The number of allylic oxidation sites excluding steroid dienone is 1. The predicted molar refractivity (Wildman–Crippen MR) is 111 cm³/mol. The number of thiophene rings is 1. The summed E-state index contributed by atoms with van der Waals surface area (Å²) in [6.07, 6.45) is 2.23. The lowest BCUT2D eigenvalue weighted by molar-refractivity contribution is 0.199. The third kappa shape index (κ3) is 3.74. The smallest absolute Gasteiger partial charge is 0.139 e. The van der Waals surface area contributed by atoms with Crippen LogP contribution in [-0.2, 0) is 0 Å². The van der Waals surface area contributed by atoms with Crippen molar-refractivity contribution in [2.24, 2.45) is 4.99 Å². The molecule has 3 rings (SSSR count). The molecule has 5 heteroatoms. The van der Waals surface area contributed by atoms with Gasteiger partial charge in [0.1, 0.15) is 11.7 Å². The average Bonchev–Trinajstić information content (AvgIpc) is 3.16. The summed E-state index contributed by atoms with van der Waals surface area (Å²) in [5, 5.41) is 17.3. The first-order chi connectivity index (χ1) is 12.5. The summed E-state index contributed by atoms with van der Waals surface area (Å²) in [6, 6.07) is 10.1. The molecule has 0 bridgehead atoms. The Kier molecular flexibility index (Phi) is 5.59. The second kappa shape index (κ2) is 7.89. The zero-order valence-corrected chi connectivity index (χ0v) is 16.3. The highest BCUT2D eigenvalue weighted by molar-refractivity contribution is 7.08. The van der Waals surface area contributed by atoms with Gasteiger partial charge in [0, 0.05) is 23.7 Å². The molecule has 2 heterocycles. The van der Waals surface area contributed by atoms with Crippen molar-refractivity contribution in [1.82, 2.24) is 4.90 Å². The van der Waals surface area contributed by atoms with Gasteiger partial charge in [-0.2, -0.15) is 11.3 Å². The van der Waals surface area contributed by atoms with Gasteiger partial charge in [0.2, 0.25) is 0 Å². The summed E-state index contributed by atoms with van der Waals surface area (Å²) in [7, 11) is 2.08. The summed E-state index contributed by atoms with van der Waals surface area (Å²) in [5.74, 6) is 1.84. The van der Waals surface area contributed by atoms with E-state index in [2.05, 4.69) is 47.6 Å². The van der Waals surface area contributed by atoms with Crippen LogP contribution in [0.25, 0.3) is 0 Å². The summed E-state index contributed by atoms with van der Waals surface area (Å²) in [4.78, 5) is 7.14. The highest BCUT2D eigenvalue weighted by Crippen LogP contribution is 2.28. The number of hydrogen-bond donors (Lipinski definition) is 2. The molecule has 1 aliphatic heterocycles. The number of aliphatic hydroxyl groups excluding tert-OH is 1. The quantitative estimate of drug-likeness (QED) is 0.722. The van der Waals surface area contributed by atoms with Crippen LogP contribution in [0.1, 0.15) is 37.5 Å². The number of amidine groups is 1. The average molecular weight is 368 g/mol. The lowest BCUT2D eigenvalue weighted by Gasteiger charge is -2.35. The van der Waals surface area contributed by atoms with Crippen LogP contribution in [0.2, 0.25) is 0 Å². The maximum Gasteiger partial charge on any atom is 0.139 e. The van der Waals surface area contributed by atoms with Gasteiger partial charge in [-0.15, -0.1) is 6.58 Å². The second-order valence-electron chi connectivity index (χ2n) is 6.52. The van der Waals surface area contributed by atoms with E-state index in [-0.39, 0.29) is 6.04 Å². The van der Waals surface area contributed by atoms with Gasteiger partial charge in [-0.3, -0.25) is 0 Å². The number of aliphatic hydroxyl groups is 1. The number of anilines is 1. The Balaban J connectivity index is 1.97. The molecule has 0 amide bonds. The molecule has 0 saturated carbocycles. The number of rotatable bonds is 6. The van der Waals surface area contributed by atoms with E-state index in [1.807, 2.05) is 30.3 Å². The van der Waals surface area contributed by atoms with Crippen LogP contribution in [0, 0.1) is 0 Å². The van der Waals surface area contributed by atoms with Crippen molar-refractivity contribution in [1.29, 1.82) is 0 Å². The fraction of sp³-hybridized carbons (Fsp3) is 0.286. The number of likely N-dealkylation sites (N-methyl/N-ethyl adjacent to an activating group) is 1. The van der Waals surface area contributed by atoms with Gasteiger partial charge in [0.05, 0.1) is 12.1 Å². The molecule has 26 heavy (non-hydrogen) atoms. The lowest BCUT2D eigenvalue weighted by Crippen LogP contribution is -2.40. The van der Waals surface area contributed by atoms with E-state index >= 15 is 0 Å². The van der Waals surface area contributed by atoms with Gasteiger partial charge in [0.15, 0.2) is 0 Å². The molecule has 1 aromatic heterocycles. The molecule has 0 fully saturated rings. The summed E-state index contributed by atoms with van der Waals surface area (Å²) in [5.41, 5.74) is 4.19. The molecule has 0 saturated heterocycles. The van der Waals surface area contributed by atoms with E-state index in [0.29, 0.717) is 0 Å². The molecule has 136 valence electrons. The number of nitrogens with zero attached hydrogens (tertiary/aromatic N) is 2. The predicted octanol–water partition coefficient (Wildman–Crippen LogP) is 4.78. The van der Waals surface area contributed by atoms with Gasteiger partial charge in [0.25, 0.3) is 0 Å². The zero-order chi connectivity index (χ0) is 18.7. The minimum atomic E-state index is -0.467. The molecule has 1 aromatic carbocycles. The van der Waals surface area contributed by atoms with Crippen LogP contribution in [0.3, 0.4) is 0 Å². The van der Waals surface area contributed by atoms with Gasteiger partial charge >= 0.3 is 0 Å². The van der Waals surface area contributed by atoms with Crippen LogP contribution in [0.15, 0.2) is 70.1 Å². The van der Waals surface area contributed by atoms with Crippen LogP contribution < -0.4 is 5.32 Å². The minimum Gasteiger partial charge on any atom is -0.389 e. The topological polar surface area (TPSA) is 47.9 Å². The van der Waals surface area contributed by atoms with E-state index in [9.17, 15) is 5.11 Å². The number of nitrogens with one attached hydrogen (secondary N) is 1. The fourth-order valence-corrected chi connectivity index (χ4v) is 3.68. The van der Waals surface area contributed by atoms with Crippen molar-refractivity contribution in [2.45, 2.75) is 32.4 Å². The number of hydrogen-bond acceptors (Lipinski definition) is 5. The van der Waals surface area contributed by atoms with Crippen LogP contribution in [-0.4, -0.2) is 28.9 Å². The molecule has 0 spiro atoms. The van der Waals surface area contributed by atoms with Crippen LogP contribution in [0.4, 0.5) is 5.69 Å². The van der Waals surface area contributed by atoms with Crippen LogP contribution >= 0.6 is 11.3 Å². The highest BCUT2D eigenvalue weighted by Gasteiger charge is 2.26. The first kappa shape index (κ1) is 18.4. The van der Waals surface area contributed by atoms with Gasteiger partial charge in [-0.25, -0.2) is 4.99 Å². The molecule has 1 aliphatic rings. The molecule has 2 N–H and O–H groups in total. The first-order valence-electron chi connectivity index (χ1n) is 8.74. The molecule has 2 unspecified atom stereocenters. The fourth-order valence-electron chi connectivity index (χ4n) is 3.04. The van der Waals surface area contributed by atoms with Crippen molar-refractivity contribution in [3.8, 4) is 0 Å². The maximum atomic E-state index is 9.69. The van der Waals surface area contributed by atoms with Gasteiger partial charge in [-0.1, -0.05) is 18.2 Å². The van der Waals surface area contributed by atoms with E-state index in [1.54, 1.807) is 18.3 Å². The van der Waals surface area contributed by atoms with Crippen LogP contribution in [0.5, 0.6) is 0 Å². The third-order valence-electron chi connectivity index (χ3n) is 4.74. The van der Waals surface area contributed by atoms with Crippen molar-refractivity contribution < 1.29 is 5.11 Å². The normalized spacial score (nSPS) is 18.5. The second-order valence-corrected chi connectivity index (χ2v) is 7.30.